The Morgan fingerprint density at radius 2 is 1.80 bits per heavy atom. The zero-order chi connectivity index (χ0) is 20.9. The van der Waals surface area contributed by atoms with Crippen molar-refractivity contribution in [2.45, 2.75) is 13.8 Å². The number of hydrogen-bond donors (Lipinski definition) is 1. The number of amides is 1. The van der Waals surface area contributed by atoms with Crippen LogP contribution in [0.2, 0.25) is 0 Å². The summed E-state index contributed by atoms with van der Waals surface area (Å²) in [5.41, 5.74) is 3.67. The molecule has 1 amide bonds. The fourth-order valence-electron chi connectivity index (χ4n) is 3.62. The van der Waals surface area contributed by atoms with Gasteiger partial charge in [0.15, 0.2) is 11.7 Å². The molecule has 1 aliphatic heterocycles. The molecule has 30 heavy (non-hydrogen) atoms. The predicted octanol–water partition coefficient (Wildman–Crippen LogP) is 3.23. The number of nitrogens with one attached hydrogen (secondary N) is 1. The molecule has 7 heteroatoms. The van der Waals surface area contributed by atoms with E-state index in [2.05, 4.69) is 41.1 Å². The number of aromatic nitrogens is 1. The molecule has 1 saturated heterocycles. The van der Waals surface area contributed by atoms with E-state index in [4.69, 9.17) is 9.72 Å². The smallest absolute Gasteiger partial charge is 0.257 e. The number of anilines is 1. The van der Waals surface area contributed by atoms with Gasteiger partial charge in [0.25, 0.3) is 5.91 Å². The summed E-state index contributed by atoms with van der Waals surface area (Å²) in [7, 11) is 0. The van der Waals surface area contributed by atoms with E-state index in [-0.39, 0.29) is 12.5 Å². The van der Waals surface area contributed by atoms with Crippen LogP contribution in [0.5, 0.6) is 5.75 Å². The topological polar surface area (TPSA) is 57.7 Å². The number of carbonyl (C=O) groups excluding carboxylic acids is 1. The quantitative estimate of drug-likeness (QED) is 0.631. The second-order valence-corrected chi connectivity index (χ2v) is 8.63. The number of rotatable bonds is 7. The molecular weight excluding hydrogens is 396 g/mol. The normalized spacial score (nSPS) is 14.8. The molecule has 0 atom stereocenters. The van der Waals surface area contributed by atoms with Gasteiger partial charge in [-0.15, -0.1) is 0 Å². The zero-order valence-electron chi connectivity index (χ0n) is 17.6. The summed E-state index contributed by atoms with van der Waals surface area (Å²) in [5.74, 6) is 0.627. The maximum Gasteiger partial charge on any atom is 0.257 e. The Bertz CT molecular complexity index is 958. The van der Waals surface area contributed by atoms with Crippen molar-refractivity contribution in [3.8, 4) is 5.75 Å². The Morgan fingerprint density at radius 1 is 1.07 bits per heavy atom. The van der Waals surface area contributed by atoms with Crippen LogP contribution in [0.15, 0.2) is 42.5 Å². The summed E-state index contributed by atoms with van der Waals surface area (Å²) >= 11 is 1.80. The SMILES string of the molecule is Cc1ccc(C)c2sc(N3CCN(CCNC(=O)COc4ccccc4)CC3)nc12. The van der Waals surface area contributed by atoms with Crippen LogP contribution < -0.4 is 15.0 Å². The minimum atomic E-state index is -0.0855. The molecule has 0 radical (unpaired) electrons. The van der Waals surface area contributed by atoms with E-state index in [1.807, 2.05) is 30.3 Å². The van der Waals surface area contributed by atoms with Gasteiger partial charge >= 0.3 is 0 Å². The zero-order valence-corrected chi connectivity index (χ0v) is 18.4. The summed E-state index contributed by atoms with van der Waals surface area (Å²) in [4.78, 5) is 21.6. The molecule has 0 saturated carbocycles. The first-order valence-corrected chi connectivity index (χ1v) is 11.2. The number of thiazole rings is 1. The summed E-state index contributed by atoms with van der Waals surface area (Å²) in [5, 5.41) is 4.06. The second kappa shape index (κ2) is 9.45. The minimum absolute atomic E-state index is 0.0498. The van der Waals surface area contributed by atoms with Crippen LogP contribution in [0.1, 0.15) is 11.1 Å². The number of benzene rings is 2. The first-order valence-electron chi connectivity index (χ1n) is 10.4. The van der Waals surface area contributed by atoms with Crippen molar-refractivity contribution in [1.82, 2.24) is 15.2 Å². The van der Waals surface area contributed by atoms with E-state index >= 15 is 0 Å². The Balaban J connectivity index is 1.20. The van der Waals surface area contributed by atoms with E-state index in [0.717, 1.165) is 43.4 Å². The number of aryl methyl sites for hydroxylation is 2. The van der Waals surface area contributed by atoms with Crippen molar-refractivity contribution in [3.05, 3.63) is 53.6 Å². The van der Waals surface area contributed by atoms with Gasteiger partial charge in [0.2, 0.25) is 0 Å². The van der Waals surface area contributed by atoms with Gasteiger partial charge in [-0.2, -0.15) is 0 Å². The molecule has 0 spiro atoms. The molecule has 1 aliphatic rings. The van der Waals surface area contributed by atoms with Crippen LogP contribution in [-0.2, 0) is 4.79 Å². The highest BCUT2D eigenvalue weighted by atomic mass is 32.1. The van der Waals surface area contributed by atoms with E-state index < -0.39 is 0 Å². The largest absolute Gasteiger partial charge is 0.484 e. The van der Waals surface area contributed by atoms with Gasteiger partial charge in [-0.25, -0.2) is 4.98 Å². The number of para-hydroxylation sites is 1. The number of piperazine rings is 1. The molecule has 0 bridgehead atoms. The van der Waals surface area contributed by atoms with E-state index in [1.54, 1.807) is 11.3 Å². The molecule has 1 N–H and O–H groups in total. The van der Waals surface area contributed by atoms with Crippen LogP contribution in [0.3, 0.4) is 0 Å². The van der Waals surface area contributed by atoms with Crippen LogP contribution in [0.25, 0.3) is 10.2 Å². The van der Waals surface area contributed by atoms with Gasteiger partial charge in [-0.3, -0.25) is 9.69 Å². The Labute approximate surface area is 181 Å². The molecule has 0 unspecified atom stereocenters. The lowest BCUT2D eigenvalue weighted by atomic mass is 10.1. The second-order valence-electron chi connectivity index (χ2n) is 7.65. The summed E-state index contributed by atoms with van der Waals surface area (Å²) in [6.45, 7) is 9.69. The number of nitrogens with zero attached hydrogens (tertiary/aromatic N) is 3. The third kappa shape index (κ3) is 4.91. The fraction of sp³-hybridized carbons (Fsp3) is 0.391. The van der Waals surface area contributed by atoms with E-state index in [0.29, 0.717) is 12.3 Å². The van der Waals surface area contributed by atoms with Crippen molar-refractivity contribution in [1.29, 1.82) is 0 Å². The Hall–Kier alpha value is -2.64. The lowest BCUT2D eigenvalue weighted by molar-refractivity contribution is -0.123. The monoisotopic (exact) mass is 424 g/mol. The highest BCUT2D eigenvalue weighted by molar-refractivity contribution is 7.22. The highest BCUT2D eigenvalue weighted by Gasteiger charge is 2.20. The average molecular weight is 425 g/mol. The third-order valence-corrected chi connectivity index (χ3v) is 6.69. The van der Waals surface area contributed by atoms with Crippen molar-refractivity contribution in [3.63, 3.8) is 0 Å². The van der Waals surface area contributed by atoms with Crippen LogP contribution >= 0.6 is 11.3 Å². The standard InChI is InChI=1S/C23H28N4O2S/c1-17-8-9-18(2)22-21(17)25-23(30-22)27-14-12-26(13-15-27)11-10-24-20(28)16-29-19-6-4-3-5-7-19/h3-9H,10-16H2,1-2H3,(H,24,28). The fourth-order valence-corrected chi connectivity index (χ4v) is 4.78. The summed E-state index contributed by atoms with van der Waals surface area (Å²) in [6, 6.07) is 13.7. The van der Waals surface area contributed by atoms with Crippen LogP contribution in [-0.4, -0.2) is 61.7 Å². The molecule has 1 fully saturated rings. The van der Waals surface area contributed by atoms with Crippen molar-refractivity contribution < 1.29 is 9.53 Å². The summed E-state index contributed by atoms with van der Waals surface area (Å²) < 4.78 is 6.78. The van der Waals surface area contributed by atoms with Gasteiger partial charge < -0.3 is 15.0 Å². The van der Waals surface area contributed by atoms with Gasteiger partial charge in [-0.1, -0.05) is 41.7 Å². The van der Waals surface area contributed by atoms with Crippen LogP contribution in [0, 0.1) is 13.8 Å². The molecule has 6 nitrogen and oxygen atoms in total. The van der Waals surface area contributed by atoms with Gasteiger partial charge in [0.05, 0.1) is 10.2 Å². The summed E-state index contributed by atoms with van der Waals surface area (Å²) in [6.07, 6.45) is 0. The molecule has 4 rings (SSSR count). The lowest BCUT2D eigenvalue weighted by Crippen LogP contribution is -2.48. The average Bonchev–Trinajstić information content (AvgIpc) is 3.23. The highest BCUT2D eigenvalue weighted by Crippen LogP contribution is 2.33. The van der Waals surface area contributed by atoms with Crippen LogP contribution in [0.4, 0.5) is 5.13 Å². The van der Waals surface area contributed by atoms with Gasteiger partial charge in [0.1, 0.15) is 5.75 Å². The predicted molar refractivity (Wildman–Crippen MR) is 123 cm³/mol. The molecule has 3 aromatic rings. The Morgan fingerprint density at radius 3 is 2.53 bits per heavy atom. The molecule has 158 valence electrons. The van der Waals surface area contributed by atoms with Crippen molar-refractivity contribution in [2.24, 2.45) is 0 Å². The lowest BCUT2D eigenvalue weighted by Gasteiger charge is -2.34. The Kier molecular flexibility index (Phi) is 6.50. The number of fused-ring (bicyclic) bond motifs is 1. The third-order valence-electron chi connectivity index (χ3n) is 5.44. The molecule has 2 aromatic carbocycles. The first-order chi connectivity index (χ1) is 14.6. The maximum atomic E-state index is 12.0. The molecule has 1 aromatic heterocycles. The number of hydrogen-bond acceptors (Lipinski definition) is 6. The van der Waals surface area contributed by atoms with E-state index in [1.165, 1.54) is 15.8 Å². The van der Waals surface area contributed by atoms with Crippen molar-refractivity contribution >= 4 is 32.6 Å². The molecule has 2 heterocycles. The van der Waals surface area contributed by atoms with Gasteiger partial charge in [-0.05, 0) is 37.1 Å². The number of carbonyl (C=O) groups is 1. The number of ether oxygens (including phenoxy) is 1. The van der Waals surface area contributed by atoms with Gasteiger partial charge in [0, 0.05) is 39.3 Å². The molecule has 0 aliphatic carbocycles. The first kappa shape index (κ1) is 20.6. The molecular formula is C23H28N4O2S. The minimum Gasteiger partial charge on any atom is -0.484 e. The van der Waals surface area contributed by atoms with E-state index in [9.17, 15) is 4.79 Å². The van der Waals surface area contributed by atoms with Crippen molar-refractivity contribution in [2.75, 3.05) is 50.8 Å². The maximum absolute atomic E-state index is 12.0.